The van der Waals surface area contributed by atoms with Crippen LogP contribution in [0.4, 0.5) is 0 Å². The van der Waals surface area contributed by atoms with Crippen LogP contribution in [0.25, 0.3) is 11.5 Å². The van der Waals surface area contributed by atoms with Crippen LogP contribution in [-0.4, -0.2) is 29.5 Å². The van der Waals surface area contributed by atoms with E-state index in [0.29, 0.717) is 23.0 Å². The van der Waals surface area contributed by atoms with Crippen molar-refractivity contribution in [2.75, 3.05) is 14.2 Å². The normalized spacial score (nSPS) is 12.0. The Hall–Kier alpha value is -2.86. The third kappa shape index (κ3) is 2.89. The molecule has 1 N–H and O–H groups in total. The quantitative estimate of drug-likeness (QED) is 0.780. The number of aliphatic hydroxyl groups is 1. The molecule has 0 aliphatic heterocycles. The topological polar surface area (TPSA) is 77.6 Å². The highest BCUT2D eigenvalue weighted by Gasteiger charge is 2.23. The van der Waals surface area contributed by atoms with Crippen molar-refractivity contribution in [1.82, 2.24) is 10.2 Å². The molecule has 1 atom stereocenters. The summed E-state index contributed by atoms with van der Waals surface area (Å²) in [5, 5.41) is 18.5. The van der Waals surface area contributed by atoms with Crippen molar-refractivity contribution in [2.45, 2.75) is 6.10 Å². The molecule has 0 amide bonds. The van der Waals surface area contributed by atoms with Crippen molar-refractivity contribution in [3.8, 4) is 23.0 Å². The van der Waals surface area contributed by atoms with Gasteiger partial charge in [0.2, 0.25) is 11.8 Å². The second kappa shape index (κ2) is 6.50. The maximum atomic E-state index is 10.6. The van der Waals surface area contributed by atoms with E-state index in [1.807, 2.05) is 30.3 Å². The number of benzene rings is 2. The summed E-state index contributed by atoms with van der Waals surface area (Å²) in [5.41, 5.74) is 1.28. The number of nitrogens with zero attached hydrogens (tertiary/aromatic N) is 2. The van der Waals surface area contributed by atoms with Gasteiger partial charge in [0.1, 0.15) is 0 Å². The maximum absolute atomic E-state index is 10.6. The molecule has 0 spiro atoms. The van der Waals surface area contributed by atoms with Crippen molar-refractivity contribution in [3.05, 3.63) is 60.0 Å². The minimum absolute atomic E-state index is 0.0930. The number of rotatable bonds is 5. The van der Waals surface area contributed by atoms with Crippen LogP contribution in [0, 0.1) is 0 Å². The third-order valence-electron chi connectivity index (χ3n) is 3.42. The summed E-state index contributed by atoms with van der Waals surface area (Å²) < 4.78 is 16.2. The summed E-state index contributed by atoms with van der Waals surface area (Å²) in [6.45, 7) is 0. The van der Waals surface area contributed by atoms with Gasteiger partial charge in [-0.25, -0.2) is 0 Å². The van der Waals surface area contributed by atoms with E-state index in [9.17, 15) is 5.11 Å². The molecule has 23 heavy (non-hydrogen) atoms. The standard InChI is InChI=1S/C17H16N2O4/c1-21-13-10-6-9-12(15(13)22-2)14(20)17-19-18-16(23-17)11-7-4-3-5-8-11/h3-10,14,20H,1-2H3. The zero-order valence-corrected chi connectivity index (χ0v) is 12.8. The van der Waals surface area contributed by atoms with Gasteiger partial charge in [0.05, 0.1) is 14.2 Å². The Balaban J connectivity index is 1.96. The summed E-state index contributed by atoms with van der Waals surface area (Å²) in [4.78, 5) is 0. The molecule has 1 unspecified atom stereocenters. The minimum Gasteiger partial charge on any atom is -0.493 e. The van der Waals surface area contributed by atoms with E-state index in [-0.39, 0.29) is 5.89 Å². The second-order valence-electron chi connectivity index (χ2n) is 4.80. The van der Waals surface area contributed by atoms with E-state index < -0.39 is 6.10 Å². The number of ether oxygens (including phenoxy) is 2. The van der Waals surface area contributed by atoms with Gasteiger partial charge in [0.25, 0.3) is 0 Å². The number of aromatic nitrogens is 2. The second-order valence-corrected chi connectivity index (χ2v) is 4.80. The largest absolute Gasteiger partial charge is 0.493 e. The van der Waals surface area contributed by atoms with Crippen LogP contribution in [-0.2, 0) is 0 Å². The minimum atomic E-state index is -1.11. The van der Waals surface area contributed by atoms with Gasteiger partial charge in [0, 0.05) is 11.1 Å². The van der Waals surface area contributed by atoms with Crippen LogP contribution < -0.4 is 9.47 Å². The SMILES string of the molecule is COc1cccc(C(O)c2nnc(-c3ccccc3)o2)c1OC. The molecular formula is C17H16N2O4. The van der Waals surface area contributed by atoms with E-state index in [2.05, 4.69) is 10.2 Å². The average Bonchev–Trinajstić information content (AvgIpc) is 3.11. The molecule has 6 nitrogen and oxygen atoms in total. The lowest BCUT2D eigenvalue weighted by Gasteiger charge is -2.14. The molecule has 3 aromatic rings. The van der Waals surface area contributed by atoms with E-state index in [1.54, 1.807) is 18.2 Å². The number of aliphatic hydroxyl groups excluding tert-OH is 1. The number of hydrogen-bond donors (Lipinski definition) is 1. The Kier molecular flexibility index (Phi) is 4.25. The Morgan fingerprint density at radius 2 is 1.74 bits per heavy atom. The first-order valence-corrected chi connectivity index (χ1v) is 7.02. The Labute approximate surface area is 133 Å². The molecule has 0 aliphatic carbocycles. The lowest BCUT2D eigenvalue weighted by atomic mass is 10.1. The van der Waals surface area contributed by atoms with E-state index >= 15 is 0 Å². The predicted octanol–water partition coefficient (Wildman–Crippen LogP) is 2.84. The molecule has 118 valence electrons. The van der Waals surface area contributed by atoms with Crippen LogP contribution in [0.3, 0.4) is 0 Å². The summed E-state index contributed by atoms with van der Waals surface area (Å²) in [7, 11) is 3.05. The zero-order chi connectivity index (χ0) is 16.2. The number of methoxy groups -OCH3 is 2. The van der Waals surface area contributed by atoms with Crippen molar-refractivity contribution in [2.24, 2.45) is 0 Å². The van der Waals surface area contributed by atoms with Gasteiger partial charge in [-0.1, -0.05) is 30.3 Å². The zero-order valence-electron chi connectivity index (χ0n) is 12.8. The smallest absolute Gasteiger partial charge is 0.250 e. The van der Waals surface area contributed by atoms with Gasteiger partial charge in [-0.3, -0.25) is 0 Å². The predicted molar refractivity (Wildman–Crippen MR) is 83.3 cm³/mol. The lowest BCUT2D eigenvalue weighted by molar-refractivity contribution is 0.178. The molecule has 1 aromatic heterocycles. The van der Waals surface area contributed by atoms with Gasteiger partial charge in [0.15, 0.2) is 17.6 Å². The Morgan fingerprint density at radius 1 is 0.957 bits per heavy atom. The van der Waals surface area contributed by atoms with Gasteiger partial charge in [-0.05, 0) is 18.2 Å². The van der Waals surface area contributed by atoms with E-state index in [1.165, 1.54) is 14.2 Å². The molecule has 0 saturated carbocycles. The van der Waals surface area contributed by atoms with Crippen molar-refractivity contribution in [1.29, 1.82) is 0 Å². The van der Waals surface area contributed by atoms with Crippen molar-refractivity contribution in [3.63, 3.8) is 0 Å². The molecular weight excluding hydrogens is 296 g/mol. The highest BCUT2D eigenvalue weighted by Crippen LogP contribution is 2.37. The van der Waals surface area contributed by atoms with Gasteiger partial charge < -0.3 is 19.0 Å². The Morgan fingerprint density at radius 3 is 2.43 bits per heavy atom. The fourth-order valence-corrected chi connectivity index (χ4v) is 2.30. The van der Waals surface area contributed by atoms with Crippen LogP contribution in [0.15, 0.2) is 52.9 Å². The van der Waals surface area contributed by atoms with Crippen LogP contribution in [0.2, 0.25) is 0 Å². The average molecular weight is 312 g/mol. The highest BCUT2D eigenvalue weighted by atomic mass is 16.5. The summed E-state index contributed by atoms with van der Waals surface area (Å²) >= 11 is 0. The molecule has 0 aliphatic rings. The summed E-state index contributed by atoms with van der Waals surface area (Å²) in [6, 6.07) is 14.6. The molecule has 0 bridgehead atoms. The lowest BCUT2D eigenvalue weighted by Crippen LogP contribution is -2.04. The third-order valence-corrected chi connectivity index (χ3v) is 3.42. The summed E-state index contributed by atoms with van der Waals surface area (Å²) in [5.74, 6) is 1.39. The molecule has 0 saturated heterocycles. The van der Waals surface area contributed by atoms with E-state index in [0.717, 1.165) is 5.56 Å². The van der Waals surface area contributed by atoms with E-state index in [4.69, 9.17) is 13.9 Å². The van der Waals surface area contributed by atoms with Crippen molar-refractivity contribution >= 4 is 0 Å². The molecule has 2 aromatic carbocycles. The first kappa shape index (κ1) is 15.1. The van der Waals surface area contributed by atoms with Gasteiger partial charge >= 0.3 is 0 Å². The van der Waals surface area contributed by atoms with Crippen molar-refractivity contribution < 1.29 is 19.0 Å². The van der Waals surface area contributed by atoms with Gasteiger partial charge in [-0.15, -0.1) is 10.2 Å². The summed E-state index contributed by atoms with van der Waals surface area (Å²) in [6.07, 6.45) is -1.11. The van der Waals surface area contributed by atoms with Crippen LogP contribution in [0.1, 0.15) is 17.6 Å². The molecule has 6 heteroatoms. The maximum Gasteiger partial charge on any atom is 0.250 e. The first-order chi connectivity index (χ1) is 11.2. The fourth-order valence-electron chi connectivity index (χ4n) is 2.30. The number of para-hydroxylation sites is 1. The monoisotopic (exact) mass is 312 g/mol. The molecule has 0 radical (unpaired) electrons. The molecule has 3 rings (SSSR count). The highest BCUT2D eigenvalue weighted by molar-refractivity contribution is 5.52. The first-order valence-electron chi connectivity index (χ1n) is 7.02. The van der Waals surface area contributed by atoms with Crippen LogP contribution in [0.5, 0.6) is 11.5 Å². The van der Waals surface area contributed by atoms with Gasteiger partial charge in [-0.2, -0.15) is 0 Å². The number of hydrogen-bond acceptors (Lipinski definition) is 6. The molecule has 0 fully saturated rings. The van der Waals surface area contributed by atoms with Crippen LogP contribution >= 0.6 is 0 Å². The Bertz CT molecular complexity index is 786. The molecule has 1 heterocycles. The fraction of sp³-hybridized carbons (Fsp3) is 0.176.